The van der Waals surface area contributed by atoms with Crippen LogP contribution < -0.4 is 5.32 Å². The molecule has 1 unspecified atom stereocenters. The maximum atomic E-state index is 8.82. The minimum absolute atomic E-state index is 0.331. The van der Waals surface area contributed by atoms with Crippen molar-refractivity contribution in [2.75, 3.05) is 13.2 Å². The van der Waals surface area contributed by atoms with Crippen LogP contribution in [0.3, 0.4) is 0 Å². The molecule has 9 heavy (non-hydrogen) atoms. The molecular weight excluding hydrogens is 114 g/mol. The van der Waals surface area contributed by atoms with Crippen LogP contribution in [0.2, 0.25) is 0 Å². The maximum Gasteiger partial charge on any atom is 0.0587 e. The topological polar surface area (TPSA) is 32.3 Å². The summed E-state index contributed by atoms with van der Waals surface area (Å²) in [6.07, 6.45) is 2.72. The number of aliphatic hydroxyl groups excluding tert-OH is 1. The minimum Gasteiger partial charge on any atom is -0.395 e. The fourth-order valence-electron chi connectivity index (χ4n) is 1.98. The molecule has 0 spiro atoms. The van der Waals surface area contributed by atoms with E-state index in [1.165, 1.54) is 12.8 Å². The van der Waals surface area contributed by atoms with Crippen LogP contribution in [-0.2, 0) is 0 Å². The van der Waals surface area contributed by atoms with Gasteiger partial charge in [0.1, 0.15) is 0 Å². The number of fused-ring (bicyclic) bond motifs is 2. The van der Waals surface area contributed by atoms with Gasteiger partial charge >= 0.3 is 0 Å². The Morgan fingerprint density at radius 1 is 1.44 bits per heavy atom. The van der Waals surface area contributed by atoms with Gasteiger partial charge in [-0.15, -0.1) is 0 Å². The lowest BCUT2D eigenvalue weighted by atomic mass is 9.68. The molecule has 1 atom stereocenters. The van der Waals surface area contributed by atoms with E-state index in [1.807, 2.05) is 0 Å². The van der Waals surface area contributed by atoms with Gasteiger partial charge in [0.25, 0.3) is 0 Å². The third-order valence-corrected chi connectivity index (χ3v) is 2.71. The third kappa shape index (κ3) is 0.775. The Hall–Kier alpha value is -0.0800. The SMILES string of the molecule is OCC1NCC2CC1C2. The number of piperidine rings is 2. The van der Waals surface area contributed by atoms with Gasteiger partial charge in [-0.05, 0) is 31.2 Å². The highest BCUT2D eigenvalue weighted by molar-refractivity contribution is 4.94. The van der Waals surface area contributed by atoms with Crippen molar-refractivity contribution in [3.8, 4) is 0 Å². The molecule has 3 fully saturated rings. The molecule has 3 aliphatic rings. The number of rotatable bonds is 1. The van der Waals surface area contributed by atoms with E-state index in [2.05, 4.69) is 5.32 Å². The van der Waals surface area contributed by atoms with E-state index in [9.17, 15) is 0 Å². The normalized spacial score (nSPS) is 48.3. The fourth-order valence-corrected chi connectivity index (χ4v) is 1.98. The molecule has 3 rings (SSSR count). The highest BCUT2D eigenvalue weighted by atomic mass is 16.3. The second-order valence-corrected chi connectivity index (χ2v) is 3.29. The summed E-state index contributed by atoms with van der Waals surface area (Å²) in [4.78, 5) is 0. The summed E-state index contributed by atoms with van der Waals surface area (Å²) >= 11 is 0. The van der Waals surface area contributed by atoms with Crippen LogP contribution in [0.1, 0.15) is 12.8 Å². The number of hydrogen-bond donors (Lipinski definition) is 2. The Kier molecular flexibility index (Phi) is 1.24. The lowest BCUT2D eigenvalue weighted by Gasteiger charge is -2.46. The third-order valence-electron chi connectivity index (χ3n) is 2.71. The Balaban J connectivity index is 1.94. The van der Waals surface area contributed by atoms with Crippen molar-refractivity contribution in [1.29, 1.82) is 0 Å². The minimum atomic E-state index is 0.331. The van der Waals surface area contributed by atoms with Gasteiger partial charge < -0.3 is 10.4 Å². The average molecular weight is 127 g/mol. The molecule has 2 aliphatic heterocycles. The van der Waals surface area contributed by atoms with E-state index in [-0.39, 0.29) is 0 Å². The summed E-state index contributed by atoms with van der Waals surface area (Å²) < 4.78 is 0. The molecule has 0 aromatic rings. The molecule has 2 heterocycles. The lowest BCUT2D eigenvalue weighted by Crippen LogP contribution is -2.54. The van der Waals surface area contributed by atoms with Gasteiger partial charge in [0.2, 0.25) is 0 Å². The van der Waals surface area contributed by atoms with Crippen LogP contribution in [0.15, 0.2) is 0 Å². The first-order chi connectivity index (χ1) is 4.40. The first-order valence-electron chi connectivity index (χ1n) is 3.74. The quantitative estimate of drug-likeness (QED) is 0.518. The van der Waals surface area contributed by atoms with Gasteiger partial charge in [-0.2, -0.15) is 0 Å². The summed E-state index contributed by atoms with van der Waals surface area (Å²) in [6.45, 7) is 1.47. The molecule has 52 valence electrons. The van der Waals surface area contributed by atoms with Crippen molar-refractivity contribution in [3.63, 3.8) is 0 Å². The van der Waals surface area contributed by atoms with Crippen molar-refractivity contribution in [2.45, 2.75) is 18.9 Å². The standard InChI is InChI=1S/C7H13NO/c9-4-7-6-1-5(2-6)3-8-7/h5-9H,1-4H2. The van der Waals surface area contributed by atoms with Crippen molar-refractivity contribution in [1.82, 2.24) is 5.32 Å². The van der Waals surface area contributed by atoms with Gasteiger partial charge in [0.05, 0.1) is 6.61 Å². The van der Waals surface area contributed by atoms with Crippen LogP contribution in [0.5, 0.6) is 0 Å². The Labute approximate surface area is 55.3 Å². The van der Waals surface area contributed by atoms with Crippen LogP contribution in [0.25, 0.3) is 0 Å². The monoisotopic (exact) mass is 127 g/mol. The summed E-state index contributed by atoms with van der Waals surface area (Å²) in [6, 6.07) is 0.426. The first kappa shape index (κ1) is 5.69. The molecule has 2 heteroatoms. The molecule has 2 N–H and O–H groups in total. The van der Waals surface area contributed by atoms with Crippen molar-refractivity contribution in [2.24, 2.45) is 11.8 Å². The Bertz CT molecular complexity index is 107. The molecule has 2 bridgehead atoms. The predicted octanol–water partition coefficient (Wildman–Crippen LogP) is -0.0233. The number of aliphatic hydroxyl groups is 1. The predicted molar refractivity (Wildman–Crippen MR) is 35.1 cm³/mol. The van der Waals surface area contributed by atoms with Crippen molar-refractivity contribution in [3.05, 3.63) is 0 Å². The van der Waals surface area contributed by atoms with Crippen LogP contribution in [-0.4, -0.2) is 24.3 Å². The highest BCUT2D eigenvalue weighted by Crippen LogP contribution is 2.39. The summed E-state index contributed by atoms with van der Waals surface area (Å²) in [5.41, 5.74) is 0. The fraction of sp³-hybridized carbons (Fsp3) is 1.00. The zero-order chi connectivity index (χ0) is 6.27. The largest absolute Gasteiger partial charge is 0.395 e. The van der Waals surface area contributed by atoms with E-state index in [0.717, 1.165) is 18.4 Å². The summed E-state index contributed by atoms with van der Waals surface area (Å²) in [7, 11) is 0. The molecule has 0 radical (unpaired) electrons. The maximum absolute atomic E-state index is 8.82. The highest BCUT2D eigenvalue weighted by Gasteiger charge is 2.38. The van der Waals surface area contributed by atoms with E-state index in [4.69, 9.17) is 5.11 Å². The molecule has 2 nitrogen and oxygen atoms in total. The van der Waals surface area contributed by atoms with E-state index in [1.54, 1.807) is 0 Å². The van der Waals surface area contributed by atoms with Gasteiger partial charge in [-0.1, -0.05) is 0 Å². The van der Waals surface area contributed by atoms with Crippen LogP contribution >= 0.6 is 0 Å². The zero-order valence-electron chi connectivity index (χ0n) is 5.51. The Morgan fingerprint density at radius 2 is 2.22 bits per heavy atom. The Morgan fingerprint density at radius 3 is 2.56 bits per heavy atom. The zero-order valence-corrected chi connectivity index (χ0v) is 5.51. The molecule has 0 aromatic heterocycles. The molecule has 0 aromatic carbocycles. The smallest absolute Gasteiger partial charge is 0.0587 e. The van der Waals surface area contributed by atoms with Gasteiger partial charge in [0, 0.05) is 6.04 Å². The lowest BCUT2D eigenvalue weighted by molar-refractivity contribution is 0.0507. The van der Waals surface area contributed by atoms with Crippen molar-refractivity contribution < 1.29 is 5.11 Å². The number of nitrogens with one attached hydrogen (secondary N) is 1. The second kappa shape index (κ2) is 1.96. The molecule has 2 saturated heterocycles. The van der Waals surface area contributed by atoms with Gasteiger partial charge in [-0.3, -0.25) is 0 Å². The molecule has 1 saturated carbocycles. The second-order valence-electron chi connectivity index (χ2n) is 3.29. The van der Waals surface area contributed by atoms with Gasteiger partial charge in [0.15, 0.2) is 0 Å². The van der Waals surface area contributed by atoms with Crippen LogP contribution in [0.4, 0.5) is 0 Å². The summed E-state index contributed by atoms with van der Waals surface area (Å²) in [5.74, 6) is 1.74. The molecule has 1 aliphatic carbocycles. The summed E-state index contributed by atoms with van der Waals surface area (Å²) in [5, 5.41) is 12.1. The molecule has 0 amide bonds. The van der Waals surface area contributed by atoms with E-state index in [0.29, 0.717) is 12.6 Å². The average Bonchev–Trinajstić information content (AvgIpc) is 1.86. The van der Waals surface area contributed by atoms with Crippen molar-refractivity contribution >= 4 is 0 Å². The first-order valence-corrected chi connectivity index (χ1v) is 3.74. The van der Waals surface area contributed by atoms with Gasteiger partial charge in [-0.25, -0.2) is 0 Å². The van der Waals surface area contributed by atoms with E-state index >= 15 is 0 Å². The van der Waals surface area contributed by atoms with Crippen LogP contribution in [0, 0.1) is 11.8 Å². The number of hydrogen-bond acceptors (Lipinski definition) is 2. The molecular formula is C7H13NO. The van der Waals surface area contributed by atoms with E-state index < -0.39 is 0 Å².